The first-order chi connectivity index (χ1) is 9.70. The van der Waals surface area contributed by atoms with Gasteiger partial charge in [-0.3, -0.25) is 4.90 Å². The molecule has 1 aromatic heterocycles. The number of hydrogen-bond acceptors (Lipinski definition) is 3. The second kappa shape index (κ2) is 6.13. The summed E-state index contributed by atoms with van der Waals surface area (Å²) in [6, 6.07) is 5.61. The highest BCUT2D eigenvalue weighted by Gasteiger charge is 2.38. The molecule has 0 aromatic carbocycles. The molecule has 1 aromatic rings. The summed E-state index contributed by atoms with van der Waals surface area (Å²) < 4.78 is 5.89. The Hall–Kier alpha value is -0.800. The van der Waals surface area contributed by atoms with E-state index < -0.39 is 0 Å². The number of furan rings is 1. The molecule has 1 N–H and O–H groups in total. The molecule has 3 heteroatoms. The van der Waals surface area contributed by atoms with Gasteiger partial charge in [-0.05, 0) is 37.3 Å². The second-order valence-corrected chi connectivity index (χ2v) is 7.96. The molecule has 3 atom stereocenters. The topological polar surface area (TPSA) is 28.4 Å². The number of rotatable bonds is 3. The van der Waals surface area contributed by atoms with Gasteiger partial charge in [-0.2, -0.15) is 0 Å². The van der Waals surface area contributed by atoms with Gasteiger partial charge in [0.25, 0.3) is 0 Å². The van der Waals surface area contributed by atoms with Gasteiger partial charge in [0.1, 0.15) is 11.5 Å². The Bertz CT molecular complexity index is 458. The summed E-state index contributed by atoms with van der Waals surface area (Å²) in [5, 5.41) is 3.76. The minimum absolute atomic E-state index is 0.277. The summed E-state index contributed by atoms with van der Waals surface area (Å²) in [4.78, 5) is 2.63. The van der Waals surface area contributed by atoms with Crippen molar-refractivity contribution in [2.75, 3.05) is 13.1 Å². The third-order valence-corrected chi connectivity index (χ3v) is 4.88. The van der Waals surface area contributed by atoms with Crippen LogP contribution in [0.25, 0.3) is 0 Å². The van der Waals surface area contributed by atoms with Gasteiger partial charge in [-0.15, -0.1) is 0 Å². The maximum atomic E-state index is 5.89. The lowest BCUT2D eigenvalue weighted by Gasteiger charge is -2.48. The average molecular weight is 292 g/mol. The molecule has 2 rings (SSSR count). The van der Waals surface area contributed by atoms with Crippen molar-refractivity contribution in [2.45, 2.75) is 66.6 Å². The Labute approximate surface area is 130 Å². The first kappa shape index (κ1) is 16.6. The van der Waals surface area contributed by atoms with Gasteiger partial charge in [0.2, 0.25) is 0 Å². The molecule has 0 spiro atoms. The van der Waals surface area contributed by atoms with Crippen LogP contribution < -0.4 is 5.32 Å². The fraction of sp³-hybridized carbons (Fsp3) is 0.778. The third kappa shape index (κ3) is 3.70. The predicted molar refractivity (Wildman–Crippen MR) is 88.4 cm³/mol. The highest BCUT2D eigenvalue weighted by molar-refractivity contribution is 5.10. The van der Waals surface area contributed by atoms with Crippen molar-refractivity contribution < 1.29 is 4.42 Å². The summed E-state index contributed by atoms with van der Waals surface area (Å²) >= 11 is 0. The molecular formula is C18H32N2O. The Balaban J connectivity index is 2.21. The van der Waals surface area contributed by atoms with E-state index in [4.69, 9.17) is 4.42 Å². The molecular weight excluding hydrogens is 260 g/mol. The summed E-state index contributed by atoms with van der Waals surface area (Å²) in [6.45, 7) is 18.0. The van der Waals surface area contributed by atoms with Crippen LogP contribution in [-0.4, -0.2) is 30.1 Å². The van der Waals surface area contributed by atoms with Gasteiger partial charge < -0.3 is 9.73 Å². The number of nitrogens with one attached hydrogen (secondary N) is 1. The molecule has 3 unspecified atom stereocenters. The normalized spacial score (nSPS) is 26.3. The average Bonchev–Trinajstić information content (AvgIpc) is 2.82. The van der Waals surface area contributed by atoms with Crippen LogP contribution in [0.5, 0.6) is 0 Å². The Morgan fingerprint density at radius 3 is 2.38 bits per heavy atom. The van der Waals surface area contributed by atoms with Crippen LogP contribution in [0.3, 0.4) is 0 Å². The van der Waals surface area contributed by atoms with Crippen molar-refractivity contribution in [3.8, 4) is 0 Å². The monoisotopic (exact) mass is 292 g/mol. The number of hydrogen-bond donors (Lipinski definition) is 1. The van der Waals surface area contributed by atoms with Gasteiger partial charge >= 0.3 is 0 Å². The third-order valence-electron chi connectivity index (χ3n) is 4.88. The maximum Gasteiger partial charge on any atom is 0.121 e. The maximum absolute atomic E-state index is 5.89. The SMILES string of the molecule is Cc1ccc(C(C)N2CC(C(C)(C)C)NCC2C(C)C)o1. The number of aryl methyl sites for hydroxylation is 1. The predicted octanol–water partition coefficient (Wildman–Crippen LogP) is 3.99. The van der Waals surface area contributed by atoms with Crippen LogP contribution in [0, 0.1) is 18.3 Å². The van der Waals surface area contributed by atoms with Crippen LogP contribution >= 0.6 is 0 Å². The summed E-state index contributed by atoms with van der Waals surface area (Å²) in [5.74, 6) is 2.73. The van der Waals surface area contributed by atoms with E-state index in [-0.39, 0.29) is 5.41 Å². The lowest BCUT2D eigenvalue weighted by atomic mass is 9.83. The van der Waals surface area contributed by atoms with E-state index in [0.717, 1.165) is 24.6 Å². The largest absolute Gasteiger partial charge is 0.465 e. The van der Waals surface area contributed by atoms with Crippen LogP contribution in [0.4, 0.5) is 0 Å². The van der Waals surface area contributed by atoms with E-state index in [1.807, 2.05) is 6.92 Å². The van der Waals surface area contributed by atoms with Crippen molar-refractivity contribution >= 4 is 0 Å². The number of piperazine rings is 1. The lowest BCUT2D eigenvalue weighted by Crippen LogP contribution is -2.61. The van der Waals surface area contributed by atoms with Crippen molar-refractivity contribution in [1.82, 2.24) is 10.2 Å². The van der Waals surface area contributed by atoms with Crippen molar-refractivity contribution in [3.05, 3.63) is 23.7 Å². The highest BCUT2D eigenvalue weighted by Crippen LogP contribution is 2.32. The van der Waals surface area contributed by atoms with Crippen LogP contribution in [-0.2, 0) is 0 Å². The van der Waals surface area contributed by atoms with Gasteiger partial charge in [0, 0.05) is 25.2 Å². The van der Waals surface area contributed by atoms with E-state index in [1.54, 1.807) is 0 Å². The molecule has 0 radical (unpaired) electrons. The van der Waals surface area contributed by atoms with Crippen LogP contribution in [0.15, 0.2) is 16.5 Å². The van der Waals surface area contributed by atoms with Crippen molar-refractivity contribution in [1.29, 1.82) is 0 Å². The highest BCUT2D eigenvalue weighted by atomic mass is 16.3. The quantitative estimate of drug-likeness (QED) is 0.913. The van der Waals surface area contributed by atoms with Gasteiger partial charge in [-0.25, -0.2) is 0 Å². The standard InChI is InChI=1S/C18H32N2O/c1-12(2)15-10-19-17(18(5,6)7)11-20(15)14(4)16-9-8-13(3)21-16/h8-9,12,14-15,17,19H,10-11H2,1-7H3. The molecule has 1 fully saturated rings. The molecule has 2 heterocycles. The Morgan fingerprint density at radius 1 is 1.24 bits per heavy atom. The number of nitrogens with zero attached hydrogens (tertiary/aromatic N) is 1. The molecule has 21 heavy (non-hydrogen) atoms. The summed E-state index contributed by atoms with van der Waals surface area (Å²) in [5.41, 5.74) is 0.277. The fourth-order valence-electron chi connectivity index (χ4n) is 3.28. The van der Waals surface area contributed by atoms with Crippen LogP contribution in [0.1, 0.15) is 59.1 Å². The van der Waals surface area contributed by atoms with E-state index in [9.17, 15) is 0 Å². The van der Waals surface area contributed by atoms with Gasteiger partial charge in [0.05, 0.1) is 6.04 Å². The summed E-state index contributed by atoms with van der Waals surface area (Å²) in [7, 11) is 0. The molecule has 0 bridgehead atoms. The van der Waals surface area contributed by atoms with Crippen molar-refractivity contribution in [3.63, 3.8) is 0 Å². The fourth-order valence-corrected chi connectivity index (χ4v) is 3.28. The second-order valence-electron chi connectivity index (χ2n) is 7.96. The Kier molecular flexibility index (Phi) is 4.84. The van der Waals surface area contributed by atoms with E-state index in [2.05, 4.69) is 63.9 Å². The van der Waals surface area contributed by atoms with Gasteiger partial charge in [-0.1, -0.05) is 34.6 Å². The molecule has 120 valence electrons. The molecule has 3 nitrogen and oxygen atoms in total. The van der Waals surface area contributed by atoms with E-state index in [0.29, 0.717) is 24.0 Å². The molecule has 0 aliphatic carbocycles. The lowest BCUT2D eigenvalue weighted by molar-refractivity contribution is 0.0271. The van der Waals surface area contributed by atoms with Crippen molar-refractivity contribution in [2.24, 2.45) is 11.3 Å². The molecule has 0 saturated carbocycles. The van der Waals surface area contributed by atoms with E-state index >= 15 is 0 Å². The minimum atomic E-state index is 0.277. The van der Waals surface area contributed by atoms with E-state index in [1.165, 1.54) is 0 Å². The summed E-state index contributed by atoms with van der Waals surface area (Å²) in [6.07, 6.45) is 0. The first-order valence-electron chi connectivity index (χ1n) is 8.25. The Morgan fingerprint density at radius 2 is 1.90 bits per heavy atom. The molecule has 1 aliphatic rings. The zero-order chi connectivity index (χ0) is 15.8. The minimum Gasteiger partial charge on any atom is -0.465 e. The van der Waals surface area contributed by atoms with Gasteiger partial charge in [0.15, 0.2) is 0 Å². The zero-order valence-corrected chi connectivity index (χ0v) is 14.7. The molecule has 1 aliphatic heterocycles. The molecule has 1 saturated heterocycles. The zero-order valence-electron chi connectivity index (χ0n) is 14.7. The van der Waals surface area contributed by atoms with Crippen LogP contribution in [0.2, 0.25) is 0 Å². The molecule has 0 amide bonds. The first-order valence-corrected chi connectivity index (χ1v) is 8.25. The smallest absolute Gasteiger partial charge is 0.121 e.